The van der Waals surface area contributed by atoms with Crippen molar-refractivity contribution < 1.29 is 24.4 Å². The van der Waals surface area contributed by atoms with Crippen molar-refractivity contribution in [2.75, 3.05) is 6.61 Å². The van der Waals surface area contributed by atoms with E-state index in [1.165, 1.54) is 21.7 Å². The van der Waals surface area contributed by atoms with Gasteiger partial charge >= 0.3 is 18.0 Å². The average Bonchev–Trinajstić information content (AvgIpc) is 3.61. The van der Waals surface area contributed by atoms with Crippen LogP contribution < -0.4 is 14.2 Å². The van der Waals surface area contributed by atoms with E-state index in [0.29, 0.717) is 43.5 Å². The molecule has 224 valence electrons. The normalized spacial score (nSPS) is 11.3. The van der Waals surface area contributed by atoms with Crippen molar-refractivity contribution in [2.45, 2.75) is 6.92 Å². The van der Waals surface area contributed by atoms with E-state index in [1.54, 1.807) is 67.6 Å². The van der Waals surface area contributed by atoms with Gasteiger partial charge in [-0.1, -0.05) is 23.2 Å². The van der Waals surface area contributed by atoms with Gasteiger partial charge in [-0.15, -0.1) is 44.9 Å². The molecule has 45 heavy (non-hydrogen) atoms. The molecule has 0 amide bonds. The lowest BCUT2D eigenvalue weighted by molar-refractivity contribution is 0.292. The Morgan fingerprint density at radius 2 is 1.02 bits per heavy atom. The van der Waals surface area contributed by atoms with Crippen molar-refractivity contribution in [1.29, 1.82) is 0 Å². The minimum absolute atomic E-state index is 0.0589. The van der Waals surface area contributed by atoms with Crippen molar-refractivity contribution in [3.8, 4) is 52.4 Å². The van der Waals surface area contributed by atoms with Crippen molar-refractivity contribution in [3.05, 3.63) is 82.8 Å². The third-order valence-corrected chi connectivity index (χ3v) is 6.75. The zero-order chi connectivity index (χ0) is 31.1. The minimum atomic E-state index is -0.167. The van der Waals surface area contributed by atoms with Gasteiger partial charge in [0.25, 0.3) is 0 Å². The molecule has 3 heterocycles. The quantitative estimate of drug-likeness (QED) is 0.197. The van der Waals surface area contributed by atoms with Gasteiger partial charge in [-0.05, 0) is 67.6 Å². The molecule has 0 aliphatic heterocycles. The Kier molecular flexibility index (Phi) is 7.11. The van der Waals surface area contributed by atoms with Gasteiger partial charge in [-0.25, -0.2) is 0 Å². The van der Waals surface area contributed by atoms with E-state index >= 15 is 0 Å². The first-order valence-electron chi connectivity index (χ1n) is 13.3. The predicted molar refractivity (Wildman–Crippen MR) is 162 cm³/mol. The predicted octanol–water partition coefficient (Wildman–Crippen LogP) is 6.04. The SMILES string of the molecule is CCOc1nc(Oc2ccc(-n3nc4ccc(Cl)cc4n3)c(O)c2)nc(Oc2ccc(-n3nc4ccc(Cl)cc4n3)c(O)c2)n1. The molecule has 0 bridgehead atoms. The molecule has 0 aliphatic carbocycles. The van der Waals surface area contributed by atoms with E-state index in [1.807, 2.05) is 0 Å². The van der Waals surface area contributed by atoms with Crippen LogP contribution in [0.4, 0.5) is 0 Å². The third-order valence-electron chi connectivity index (χ3n) is 6.28. The maximum atomic E-state index is 10.7. The molecule has 0 unspecified atom stereocenters. The van der Waals surface area contributed by atoms with Crippen LogP contribution in [0.3, 0.4) is 0 Å². The summed E-state index contributed by atoms with van der Waals surface area (Å²) in [7, 11) is 0. The van der Waals surface area contributed by atoms with Crippen LogP contribution in [0.15, 0.2) is 72.8 Å². The Morgan fingerprint density at radius 1 is 0.578 bits per heavy atom. The standard InChI is InChI=1S/C29H19Cl2N9O5/c1-2-43-27-32-28(44-17-5-9-23(25(41)13-17)39-35-19-7-3-15(30)11-21(19)37-39)34-29(33-27)45-18-6-10-24(26(42)14-18)40-36-20-8-4-16(31)12-22(20)38-40/h3-14,41-42H,2H2,1H3. The number of hydrogen-bond acceptors (Lipinski definition) is 12. The van der Waals surface area contributed by atoms with Crippen LogP contribution in [-0.2, 0) is 0 Å². The minimum Gasteiger partial charge on any atom is -0.505 e. The maximum absolute atomic E-state index is 10.7. The van der Waals surface area contributed by atoms with Crippen LogP contribution in [0.5, 0.6) is 41.0 Å². The molecular weight excluding hydrogens is 625 g/mol. The fraction of sp³-hybridized carbons (Fsp3) is 0.0690. The summed E-state index contributed by atoms with van der Waals surface area (Å²) in [6.07, 6.45) is 0. The number of nitrogens with zero attached hydrogens (tertiary/aromatic N) is 9. The summed E-state index contributed by atoms with van der Waals surface area (Å²) >= 11 is 12.1. The second-order valence-corrected chi connectivity index (χ2v) is 10.2. The van der Waals surface area contributed by atoms with Gasteiger partial charge in [0.1, 0.15) is 56.4 Å². The number of aromatic hydroxyl groups is 2. The number of hydrogen-bond donors (Lipinski definition) is 2. The summed E-state index contributed by atoms with van der Waals surface area (Å²) in [4.78, 5) is 15.1. The summed E-state index contributed by atoms with van der Waals surface area (Å²) in [5.74, 6) is 0.0939. The molecule has 16 heteroatoms. The first-order valence-corrected chi connectivity index (χ1v) is 14.0. The Hall–Kier alpha value is -5.73. The van der Waals surface area contributed by atoms with E-state index in [2.05, 4.69) is 35.3 Å². The van der Waals surface area contributed by atoms with Crippen LogP contribution >= 0.6 is 23.2 Å². The van der Waals surface area contributed by atoms with E-state index in [0.717, 1.165) is 0 Å². The fourth-order valence-corrected chi connectivity index (χ4v) is 4.61. The highest BCUT2D eigenvalue weighted by atomic mass is 35.5. The third kappa shape index (κ3) is 5.79. The summed E-state index contributed by atoms with van der Waals surface area (Å²) in [5.41, 5.74) is 3.00. The first-order chi connectivity index (χ1) is 21.8. The number of fused-ring (bicyclic) bond motifs is 2. The fourth-order valence-electron chi connectivity index (χ4n) is 4.28. The van der Waals surface area contributed by atoms with E-state index in [-0.39, 0.29) is 47.6 Å². The summed E-state index contributed by atoms with van der Waals surface area (Å²) in [6, 6.07) is 18.9. The molecule has 2 N–H and O–H groups in total. The lowest BCUT2D eigenvalue weighted by atomic mass is 10.3. The monoisotopic (exact) mass is 643 g/mol. The van der Waals surface area contributed by atoms with E-state index in [9.17, 15) is 10.2 Å². The van der Waals surface area contributed by atoms with Gasteiger partial charge < -0.3 is 24.4 Å². The molecule has 0 saturated heterocycles. The molecule has 0 fully saturated rings. The van der Waals surface area contributed by atoms with Crippen molar-refractivity contribution in [1.82, 2.24) is 44.9 Å². The van der Waals surface area contributed by atoms with Gasteiger partial charge in [-0.2, -0.15) is 0 Å². The van der Waals surface area contributed by atoms with Gasteiger partial charge in [0, 0.05) is 22.2 Å². The number of phenolic OH excluding ortho intramolecular Hbond substituents is 2. The molecule has 0 spiro atoms. The highest BCUT2D eigenvalue weighted by Gasteiger charge is 2.16. The van der Waals surface area contributed by atoms with Crippen molar-refractivity contribution in [2.24, 2.45) is 0 Å². The zero-order valence-electron chi connectivity index (χ0n) is 23.0. The zero-order valence-corrected chi connectivity index (χ0v) is 24.5. The van der Waals surface area contributed by atoms with E-state index < -0.39 is 0 Å². The maximum Gasteiger partial charge on any atom is 0.331 e. The first kappa shape index (κ1) is 28.1. The number of phenols is 2. The van der Waals surface area contributed by atoms with Crippen LogP contribution in [-0.4, -0.2) is 61.8 Å². The second-order valence-electron chi connectivity index (χ2n) is 9.37. The van der Waals surface area contributed by atoms with Crippen LogP contribution in [0.2, 0.25) is 10.0 Å². The lowest BCUT2D eigenvalue weighted by Gasteiger charge is -2.11. The van der Waals surface area contributed by atoms with Crippen molar-refractivity contribution in [3.63, 3.8) is 0 Å². The smallest absolute Gasteiger partial charge is 0.331 e. The van der Waals surface area contributed by atoms with E-state index in [4.69, 9.17) is 37.4 Å². The highest BCUT2D eigenvalue weighted by Crippen LogP contribution is 2.32. The molecule has 0 radical (unpaired) electrons. The average molecular weight is 644 g/mol. The summed E-state index contributed by atoms with van der Waals surface area (Å²) in [5, 5.41) is 40.0. The van der Waals surface area contributed by atoms with Gasteiger partial charge in [-0.3, -0.25) is 0 Å². The lowest BCUT2D eigenvalue weighted by Crippen LogP contribution is -2.04. The second kappa shape index (κ2) is 11.4. The Balaban J connectivity index is 1.12. The summed E-state index contributed by atoms with van der Waals surface area (Å²) in [6.45, 7) is 2.03. The number of halogens is 2. The molecule has 7 aromatic rings. The molecule has 0 saturated carbocycles. The molecular formula is C29H19Cl2N9O5. The molecule has 3 aromatic heterocycles. The Morgan fingerprint density at radius 3 is 1.47 bits per heavy atom. The molecule has 0 aliphatic rings. The van der Waals surface area contributed by atoms with Gasteiger partial charge in [0.15, 0.2) is 0 Å². The highest BCUT2D eigenvalue weighted by molar-refractivity contribution is 6.31. The topological polar surface area (TPSA) is 168 Å². The van der Waals surface area contributed by atoms with Crippen LogP contribution in [0.1, 0.15) is 6.92 Å². The Labute approximate surface area is 263 Å². The number of rotatable bonds is 8. The molecule has 0 atom stereocenters. The molecule has 4 aromatic carbocycles. The molecule has 7 rings (SSSR count). The number of aromatic nitrogens is 9. The Bertz CT molecular complexity index is 2070. The van der Waals surface area contributed by atoms with Crippen LogP contribution in [0.25, 0.3) is 33.4 Å². The largest absolute Gasteiger partial charge is 0.505 e. The summed E-state index contributed by atoms with van der Waals surface area (Å²) < 4.78 is 17.1. The number of ether oxygens (including phenoxy) is 3. The van der Waals surface area contributed by atoms with Crippen LogP contribution in [0, 0.1) is 0 Å². The van der Waals surface area contributed by atoms with Crippen molar-refractivity contribution >= 4 is 45.3 Å². The number of benzene rings is 4. The van der Waals surface area contributed by atoms with Gasteiger partial charge in [0.05, 0.1) is 6.61 Å². The van der Waals surface area contributed by atoms with Gasteiger partial charge in [0.2, 0.25) is 0 Å². The molecule has 14 nitrogen and oxygen atoms in total.